The first kappa shape index (κ1) is 26.9. The highest BCUT2D eigenvalue weighted by molar-refractivity contribution is 5.98. The van der Waals surface area contributed by atoms with E-state index >= 15 is 0 Å². The number of nitrogens with zero attached hydrogens (tertiary/aromatic N) is 3. The fraction of sp³-hybridized carbons (Fsp3) is 0.484. The van der Waals surface area contributed by atoms with Crippen molar-refractivity contribution >= 4 is 23.7 Å². The Bertz CT molecular complexity index is 1220. The average molecular weight is 532 g/mol. The highest BCUT2D eigenvalue weighted by atomic mass is 16.6. The zero-order valence-corrected chi connectivity index (χ0v) is 23.2. The first-order valence-electron chi connectivity index (χ1n) is 14.1. The summed E-state index contributed by atoms with van der Waals surface area (Å²) < 4.78 is 6.19. The molecule has 0 aromatic heterocycles. The van der Waals surface area contributed by atoms with Gasteiger partial charge in [-0.3, -0.25) is 14.4 Å². The van der Waals surface area contributed by atoms with Gasteiger partial charge in [-0.05, 0) is 74.9 Å². The number of hydrogen-bond acceptors (Lipinski definition) is 5. The number of fused-ring (bicyclic) bond motifs is 4. The van der Waals surface area contributed by atoms with Crippen molar-refractivity contribution < 1.29 is 23.9 Å². The maximum absolute atomic E-state index is 13.4. The summed E-state index contributed by atoms with van der Waals surface area (Å²) in [6.45, 7) is 11.2. The summed E-state index contributed by atoms with van der Waals surface area (Å²) in [7, 11) is 0. The van der Waals surface area contributed by atoms with Crippen LogP contribution in [0.2, 0.25) is 0 Å². The van der Waals surface area contributed by atoms with Crippen LogP contribution < -0.4 is 0 Å². The van der Waals surface area contributed by atoms with Crippen molar-refractivity contribution in [3.63, 3.8) is 0 Å². The SMILES string of the molecule is CCN(CC)C(=O)c1ccc2c(c1)C(OC(=O)N1CC3CC(=O)CC3C1)c1cc(C(=O)N(CC)CC)ccc1-2. The number of likely N-dealkylation sites (tertiary alicyclic amines) is 1. The van der Waals surface area contributed by atoms with E-state index in [0.29, 0.717) is 63.2 Å². The van der Waals surface area contributed by atoms with E-state index in [1.807, 2.05) is 64.1 Å². The highest BCUT2D eigenvalue weighted by Gasteiger charge is 2.43. The molecule has 2 aliphatic carbocycles. The molecular weight excluding hydrogens is 494 g/mol. The summed E-state index contributed by atoms with van der Waals surface area (Å²) in [4.78, 5) is 56.9. The lowest BCUT2D eigenvalue weighted by molar-refractivity contribution is -0.118. The molecule has 39 heavy (non-hydrogen) atoms. The largest absolute Gasteiger partial charge is 0.436 e. The predicted molar refractivity (Wildman–Crippen MR) is 147 cm³/mol. The van der Waals surface area contributed by atoms with Gasteiger partial charge in [-0.25, -0.2) is 4.79 Å². The molecule has 2 aromatic rings. The van der Waals surface area contributed by atoms with Crippen LogP contribution in [-0.4, -0.2) is 77.7 Å². The predicted octanol–water partition coefficient (Wildman–Crippen LogP) is 4.77. The van der Waals surface area contributed by atoms with E-state index in [1.54, 1.807) is 14.7 Å². The van der Waals surface area contributed by atoms with E-state index in [2.05, 4.69) is 0 Å². The van der Waals surface area contributed by atoms with Gasteiger partial charge >= 0.3 is 6.09 Å². The topological polar surface area (TPSA) is 87.2 Å². The molecule has 5 rings (SSSR count). The number of carbonyl (C=O) groups excluding carboxylic acids is 4. The van der Waals surface area contributed by atoms with Gasteiger partial charge in [-0.2, -0.15) is 0 Å². The average Bonchev–Trinajstić information content (AvgIpc) is 3.59. The minimum atomic E-state index is -0.738. The molecule has 1 heterocycles. The van der Waals surface area contributed by atoms with E-state index in [-0.39, 0.29) is 29.4 Å². The normalized spacial score (nSPS) is 19.5. The molecule has 1 saturated carbocycles. The summed E-state index contributed by atoms with van der Waals surface area (Å²) in [5.74, 6) is 0.526. The molecule has 2 fully saturated rings. The monoisotopic (exact) mass is 531 g/mol. The number of amides is 3. The van der Waals surface area contributed by atoms with Crippen molar-refractivity contribution in [3.8, 4) is 11.1 Å². The van der Waals surface area contributed by atoms with Crippen molar-refractivity contribution in [1.82, 2.24) is 14.7 Å². The van der Waals surface area contributed by atoms with Crippen LogP contribution in [0.4, 0.5) is 4.79 Å². The van der Waals surface area contributed by atoms with Crippen LogP contribution >= 0.6 is 0 Å². The van der Waals surface area contributed by atoms with Gasteiger partial charge in [0.2, 0.25) is 0 Å². The van der Waals surface area contributed by atoms with E-state index < -0.39 is 12.2 Å². The third kappa shape index (κ3) is 4.81. The first-order valence-corrected chi connectivity index (χ1v) is 14.1. The van der Waals surface area contributed by atoms with Gasteiger partial charge in [0.05, 0.1) is 0 Å². The van der Waals surface area contributed by atoms with E-state index in [9.17, 15) is 19.2 Å². The van der Waals surface area contributed by atoms with E-state index in [1.165, 1.54) is 0 Å². The van der Waals surface area contributed by atoms with Crippen LogP contribution in [0.25, 0.3) is 11.1 Å². The van der Waals surface area contributed by atoms with Gasteiger partial charge < -0.3 is 19.4 Å². The molecule has 0 bridgehead atoms. The molecule has 0 spiro atoms. The van der Waals surface area contributed by atoms with E-state index in [0.717, 1.165) is 22.3 Å². The van der Waals surface area contributed by atoms with Gasteiger partial charge in [0, 0.05) is 74.4 Å². The zero-order chi connectivity index (χ0) is 27.8. The molecule has 8 nitrogen and oxygen atoms in total. The number of benzene rings is 2. The summed E-state index contributed by atoms with van der Waals surface area (Å²) in [5, 5.41) is 0. The number of ether oxygens (including phenoxy) is 1. The Balaban J connectivity index is 1.50. The van der Waals surface area contributed by atoms with Crippen molar-refractivity contribution in [2.75, 3.05) is 39.3 Å². The minimum Gasteiger partial charge on any atom is -0.436 e. The molecule has 1 saturated heterocycles. The summed E-state index contributed by atoms with van der Waals surface area (Å²) >= 11 is 0. The second kappa shape index (κ2) is 10.8. The molecule has 3 amide bonds. The Morgan fingerprint density at radius 3 is 1.62 bits per heavy atom. The quantitative estimate of drug-likeness (QED) is 0.514. The minimum absolute atomic E-state index is 0.0710. The Hall–Kier alpha value is -3.68. The zero-order valence-electron chi connectivity index (χ0n) is 23.2. The van der Waals surface area contributed by atoms with Crippen LogP contribution in [0.5, 0.6) is 0 Å². The fourth-order valence-electron chi connectivity index (χ4n) is 6.39. The lowest BCUT2D eigenvalue weighted by Gasteiger charge is -2.23. The highest BCUT2D eigenvalue weighted by Crippen LogP contribution is 2.47. The Morgan fingerprint density at radius 2 is 1.21 bits per heavy atom. The Labute approximate surface area is 229 Å². The second-order valence-electron chi connectivity index (χ2n) is 10.7. The molecule has 2 aromatic carbocycles. The summed E-state index contributed by atoms with van der Waals surface area (Å²) in [5.41, 5.74) is 4.37. The van der Waals surface area contributed by atoms with Crippen molar-refractivity contribution in [2.24, 2.45) is 11.8 Å². The van der Waals surface area contributed by atoms with Gasteiger partial charge in [-0.1, -0.05) is 12.1 Å². The molecule has 2 unspecified atom stereocenters. The second-order valence-corrected chi connectivity index (χ2v) is 10.7. The van der Waals surface area contributed by atoms with E-state index in [4.69, 9.17) is 4.74 Å². The molecule has 0 N–H and O–H groups in total. The maximum Gasteiger partial charge on any atom is 0.410 e. The summed E-state index contributed by atoms with van der Waals surface area (Å²) in [6, 6.07) is 11.1. The molecule has 3 aliphatic rings. The smallest absolute Gasteiger partial charge is 0.410 e. The molecule has 2 atom stereocenters. The molecule has 8 heteroatoms. The standard InChI is InChI=1S/C31H37N3O5/c1-5-32(6-2)29(36)19-9-11-24-25-12-10-20(30(37)33(7-3)8-4)16-27(25)28(26(24)15-19)39-31(38)34-17-21-13-23(35)14-22(21)18-34/h9-12,15-16,21-22,28H,5-8,13-14,17-18H2,1-4H3. The molecule has 1 aliphatic heterocycles. The van der Waals surface area contributed by atoms with Crippen molar-refractivity contribution in [3.05, 3.63) is 58.7 Å². The first-order chi connectivity index (χ1) is 18.8. The molecular formula is C31H37N3O5. The lowest BCUT2D eigenvalue weighted by Crippen LogP contribution is -2.32. The number of rotatable bonds is 7. The maximum atomic E-state index is 13.4. The van der Waals surface area contributed by atoms with Gasteiger partial charge in [0.25, 0.3) is 11.8 Å². The van der Waals surface area contributed by atoms with Gasteiger partial charge in [0.1, 0.15) is 5.78 Å². The summed E-state index contributed by atoms with van der Waals surface area (Å²) in [6.07, 6.45) is -0.117. The van der Waals surface area contributed by atoms with Crippen LogP contribution in [-0.2, 0) is 9.53 Å². The lowest BCUT2D eigenvalue weighted by atomic mass is 10.0. The number of carbonyl (C=O) groups is 4. The van der Waals surface area contributed by atoms with Crippen LogP contribution in [0.3, 0.4) is 0 Å². The van der Waals surface area contributed by atoms with Crippen LogP contribution in [0.1, 0.15) is 78.5 Å². The number of Topliss-reactive ketones (excluding diaryl/α,β-unsaturated/α-hetero) is 1. The van der Waals surface area contributed by atoms with Crippen molar-refractivity contribution in [1.29, 1.82) is 0 Å². The third-order valence-corrected chi connectivity index (χ3v) is 8.59. The van der Waals surface area contributed by atoms with Crippen molar-refractivity contribution in [2.45, 2.75) is 46.6 Å². The third-order valence-electron chi connectivity index (χ3n) is 8.59. The van der Waals surface area contributed by atoms with Gasteiger partial charge in [0.15, 0.2) is 6.10 Å². The van der Waals surface area contributed by atoms with Crippen LogP contribution in [0, 0.1) is 11.8 Å². The molecule has 206 valence electrons. The molecule has 0 radical (unpaired) electrons. The number of ketones is 1. The van der Waals surface area contributed by atoms with Gasteiger partial charge in [-0.15, -0.1) is 0 Å². The van der Waals surface area contributed by atoms with Crippen LogP contribution in [0.15, 0.2) is 36.4 Å². The Morgan fingerprint density at radius 1 is 0.769 bits per heavy atom. The number of hydrogen-bond donors (Lipinski definition) is 0. The fourth-order valence-corrected chi connectivity index (χ4v) is 6.39. The Kier molecular flexibility index (Phi) is 7.47.